The molecule has 0 atom stereocenters. The van der Waals surface area contributed by atoms with Gasteiger partial charge >= 0.3 is 0 Å². The van der Waals surface area contributed by atoms with Gasteiger partial charge in [-0.3, -0.25) is 0 Å². The van der Waals surface area contributed by atoms with Crippen LogP contribution in [0.25, 0.3) is 17.0 Å². The lowest BCUT2D eigenvalue weighted by atomic mass is 10.0. The third kappa shape index (κ3) is 5.30. The second-order valence-electron chi connectivity index (χ2n) is 7.99. The number of aromatic nitrogens is 4. The van der Waals surface area contributed by atoms with Crippen LogP contribution in [0.2, 0.25) is 0 Å². The van der Waals surface area contributed by atoms with Crippen LogP contribution in [-0.4, -0.2) is 33.7 Å². The average Bonchev–Trinajstić information content (AvgIpc) is 3.69. The highest BCUT2D eigenvalue weighted by molar-refractivity contribution is 5.66. The highest BCUT2D eigenvalue weighted by Crippen LogP contribution is 2.45. The van der Waals surface area contributed by atoms with Gasteiger partial charge in [0.1, 0.15) is 18.5 Å². The van der Waals surface area contributed by atoms with Crippen molar-refractivity contribution in [2.24, 2.45) is 0 Å². The molecule has 0 aliphatic heterocycles. The van der Waals surface area contributed by atoms with Crippen molar-refractivity contribution in [1.82, 2.24) is 19.9 Å². The summed E-state index contributed by atoms with van der Waals surface area (Å²) in [6.07, 6.45) is 8.61. The molecule has 0 radical (unpaired) electrons. The summed E-state index contributed by atoms with van der Waals surface area (Å²) in [4.78, 5) is 18.0. The van der Waals surface area contributed by atoms with Crippen LogP contribution in [0, 0.1) is 0 Å². The van der Waals surface area contributed by atoms with Crippen LogP contribution in [0.3, 0.4) is 0 Å². The van der Waals surface area contributed by atoms with Gasteiger partial charge in [0.25, 0.3) is 5.88 Å². The number of methoxy groups -OCH3 is 1. The molecule has 1 aromatic carbocycles. The molecule has 172 valence electrons. The number of nitrogens with zero attached hydrogens (tertiary/aromatic N) is 4. The number of ether oxygens (including phenoxy) is 3. The molecule has 1 aliphatic rings. The molecule has 1 fully saturated rings. The molecule has 0 unspecified atom stereocenters. The first-order valence-corrected chi connectivity index (χ1v) is 11.4. The zero-order chi connectivity index (χ0) is 23.2. The van der Waals surface area contributed by atoms with Crippen molar-refractivity contribution in [2.75, 3.05) is 13.7 Å². The summed E-state index contributed by atoms with van der Waals surface area (Å²) in [5.41, 5.74) is 5.17. The molecule has 2 aromatic heterocycles. The second-order valence-corrected chi connectivity index (χ2v) is 7.99. The number of benzene rings is 1. The predicted octanol–water partition coefficient (Wildman–Crippen LogP) is 5.61. The fourth-order valence-electron chi connectivity index (χ4n) is 3.69. The lowest BCUT2D eigenvalue weighted by Crippen LogP contribution is -2.06. The maximum atomic E-state index is 6.10. The minimum Gasteiger partial charge on any atom is -0.487 e. The van der Waals surface area contributed by atoms with Crippen molar-refractivity contribution < 1.29 is 14.2 Å². The topological polar surface area (TPSA) is 79.3 Å². The smallest absolute Gasteiger partial charge is 0.261 e. The molecule has 1 saturated carbocycles. The van der Waals surface area contributed by atoms with E-state index in [4.69, 9.17) is 19.2 Å². The van der Waals surface area contributed by atoms with Crippen LogP contribution in [0.15, 0.2) is 42.9 Å². The maximum absolute atomic E-state index is 6.10. The van der Waals surface area contributed by atoms with E-state index < -0.39 is 0 Å². The minimum atomic E-state index is 0.366. The molecule has 0 bridgehead atoms. The molecule has 7 heteroatoms. The molecular formula is C26H30N4O3. The van der Waals surface area contributed by atoms with Gasteiger partial charge in [-0.1, -0.05) is 37.3 Å². The quantitative estimate of drug-likeness (QED) is 0.400. The molecule has 0 N–H and O–H groups in total. The normalized spacial score (nSPS) is 13.6. The third-order valence-corrected chi connectivity index (χ3v) is 5.54. The first-order chi connectivity index (χ1) is 16.1. The summed E-state index contributed by atoms with van der Waals surface area (Å²) < 4.78 is 17.3. The van der Waals surface area contributed by atoms with Crippen molar-refractivity contribution in [2.45, 2.75) is 52.6 Å². The SMILES string of the molecule is CCC=C(C)c1ccc(COc2nc(-c3c(OC)ncnc3C3CC3)ncc2OCC)cc1. The zero-order valence-electron chi connectivity index (χ0n) is 19.7. The van der Waals surface area contributed by atoms with E-state index >= 15 is 0 Å². The van der Waals surface area contributed by atoms with Gasteiger partial charge in [0.05, 0.1) is 25.6 Å². The van der Waals surface area contributed by atoms with Gasteiger partial charge in [-0.15, -0.1) is 0 Å². The Bertz CT molecular complexity index is 1120. The van der Waals surface area contributed by atoms with Gasteiger partial charge < -0.3 is 14.2 Å². The van der Waals surface area contributed by atoms with Crippen LogP contribution in [0.4, 0.5) is 0 Å². The van der Waals surface area contributed by atoms with Gasteiger partial charge in [-0.05, 0) is 49.8 Å². The molecule has 3 aromatic rings. The first kappa shape index (κ1) is 22.7. The molecule has 4 rings (SSSR count). The van der Waals surface area contributed by atoms with Gasteiger partial charge in [-0.2, -0.15) is 4.98 Å². The second kappa shape index (κ2) is 10.4. The van der Waals surface area contributed by atoms with E-state index in [1.807, 2.05) is 6.92 Å². The highest BCUT2D eigenvalue weighted by atomic mass is 16.5. The lowest BCUT2D eigenvalue weighted by Gasteiger charge is -2.14. The molecule has 7 nitrogen and oxygen atoms in total. The van der Waals surface area contributed by atoms with Crippen LogP contribution in [-0.2, 0) is 6.61 Å². The molecule has 33 heavy (non-hydrogen) atoms. The lowest BCUT2D eigenvalue weighted by molar-refractivity contribution is 0.258. The number of hydrogen-bond donors (Lipinski definition) is 0. The van der Waals surface area contributed by atoms with E-state index in [-0.39, 0.29) is 0 Å². The molecule has 1 aliphatic carbocycles. The van der Waals surface area contributed by atoms with Crippen LogP contribution in [0.1, 0.15) is 62.8 Å². The third-order valence-electron chi connectivity index (χ3n) is 5.54. The van der Waals surface area contributed by atoms with Crippen molar-refractivity contribution in [3.8, 4) is 28.9 Å². The predicted molar refractivity (Wildman–Crippen MR) is 127 cm³/mol. The summed E-state index contributed by atoms with van der Waals surface area (Å²) in [6.45, 7) is 7.04. The fourth-order valence-corrected chi connectivity index (χ4v) is 3.69. The Balaban J connectivity index is 1.61. The van der Waals surface area contributed by atoms with Crippen LogP contribution < -0.4 is 14.2 Å². The minimum absolute atomic E-state index is 0.366. The summed E-state index contributed by atoms with van der Waals surface area (Å²) in [5.74, 6) is 2.22. The van der Waals surface area contributed by atoms with Crippen LogP contribution >= 0.6 is 0 Å². The Morgan fingerprint density at radius 2 is 1.82 bits per heavy atom. The number of allylic oxidation sites excluding steroid dienone is 2. The molecule has 2 heterocycles. The maximum Gasteiger partial charge on any atom is 0.261 e. The fraction of sp³-hybridized carbons (Fsp3) is 0.385. The summed E-state index contributed by atoms with van der Waals surface area (Å²) >= 11 is 0. The van der Waals surface area contributed by atoms with E-state index in [0.29, 0.717) is 42.5 Å². The van der Waals surface area contributed by atoms with Crippen molar-refractivity contribution in [1.29, 1.82) is 0 Å². The van der Waals surface area contributed by atoms with Gasteiger partial charge in [-0.25, -0.2) is 15.0 Å². The Morgan fingerprint density at radius 3 is 2.48 bits per heavy atom. The Labute approximate surface area is 194 Å². The zero-order valence-corrected chi connectivity index (χ0v) is 19.7. The molecule has 0 spiro atoms. The van der Waals surface area contributed by atoms with Crippen molar-refractivity contribution >= 4 is 5.57 Å². The molecule has 0 amide bonds. The Hall–Kier alpha value is -3.48. The standard InChI is InChI=1S/C26H30N4O3/c1-5-7-17(3)19-10-8-18(9-11-19)15-33-25-21(32-6-2)14-27-24(30-25)22-23(20-12-13-20)28-16-29-26(22)31-4/h7-11,14,16,20H,5-6,12-13,15H2,1-4H3. The van der Waals surface area contributed by atoms with Crippen molar-refractivity contribution in [3.63, 3.8) is 0 Å². The molecule has 0 saturated heterocycles. The van der Waals surface area contributed by atoms with E-state index in [1.165, 1.54) is 17.5 Å². The number of hydrogen-bond acceptors (Lipinski definition) is 7. The van der Waals surface area contributed by atoms with Crippen LogP contribution in [0.5, 0.6) is 17.5 Å². The Kier molecular flexibility index (Phi) is 7.17. The summed E-state index contributed by atoms with van der Waals surface area (Å²) in [6, 6.07) is 8.38. The van der Waals surface area contributed by atoms with E-state index in [9.17, 15) is 0 Å². The largest absolute Gasteiger partial charge is 0.487 e. The van der Waals surface area contributed by atoms with E-state index in [1.54, 1.807) is 13.3 Å². The average molecular weight is 447 g/mol. The van der Waals surface area contributed by atoms with Gasteiger partial charge in [0.2, 0.25) is 5.88 Å². The summed E-state index contributed by atoms with van der Waals surface area (Å²) in [5, 5.41) is 0. The van der Waals surface area contributed by atoms with Crippen molar-refractivity contribution in [3.05, 3.63) is 59.7 Å². The number of rotatable bonds is 10. The Morgan fingerprint density at radius 1 is 1.03 bits per heavy atom. The molecular weight excluding hydrogens is 416 g/mol. The van der Waals surface area contributed by atoms with E-state index in [0.717, 1.165) is 36.1 Å². The summed E-state index contributed by atoms with van der Waals surface area (Å²) in [7, 11) is 1.59. The van der Waals surface area contributed by atoms with E-state index in [2.05, 4.69) is 59.1 Å². The monoisotopic (exact) mass is 446 g/mol. The first-order valence-electron chi connectivity index (χ1n) is 11.4. The highest BCUT2D eigenvalue weighted by Gasteiger charge is 2.31. The van der Waals surface area contributed by atoms with Gasteiger partial charge in [0, 0.05) is 5.92 Å². The van der Waals surface area contributed by atoms with Gasteiger partial charge in [0.15, 0.2) is 11.6 Å².